The summed E-state index contributed by atoms with van der Waals surface area (Å²) in [4.78, 5) is 11.8. The molecule has 0 aliphatic carbocycles. The molecule has 1 aromatic heterocycles. The second-order valence-electron chi connectivity index (χ2n) is 5.45. The number of hydrogen-bond acceptors (Lipinski definition) is 3. The van der Waals surface area contributed by atoms with Gasteiger partial charge in [-0.15, -0.1) is 0 Å². The predicted molar refractivity (Wildman–Crippen MR) is 92.2 cm³/mol. The average molecular weight is 304 g/mol. The molecule has 0 aliphatic rings. The predicted octanol–water partition coefficient (Wildman–Crippen LogP) is 4.06. The van der Waals surface area contributed by atoms with Crippen molar-refractivity contribution in [1.29, 1.82) is 0 Å². The Bertz CT molecular complexity index is 609. The van der Waals surface area contributed by atoms with Crippen molar-refractivity contribution in [1.82, 2.24) is 9.78 Å². The highest BCUT2D eigenvalue weighted by Crippen LogP contribution is 2.11. The fraction of sp³-hybridized carbons (Fsp3) is 0.529. The van der Waals surface area contributed by atoms with Crippen LogP contribution in [0.2, 0.25) is 0 Å². The molecule has 0 radical (unpaired) electrons. The van der Waals surface area contributed by atoms with Crippen LogP contribution in [-0.4, -0.2) is 15.5 Å². The monoisotopic (exact) mass is 304 g/mol. The second-order valence-corrected chi connectivity index (χ2v) is 5.89. The Morgan fingerprint density at radius 2 is 1.62 bits per heavy atom. The molecule has 0 bridgehead atoms. The molecule has 0 unspecified atom stereocenters. The Morgan fingerprint density at radius 1 is 0.952 bits per heavy atom. The first-order valence-electron chi connectivity index (χ1n) is 7.88. The summed E-state index contributed by atoms with van der Waals surface area (Å²) in [7, 11) is 0. The first-order valence-corrected chi connectivity index (χ1v) is 8.52. The van der Waals surface area contributed by atoms with Crippen LogP contribution in [-0.2, 0) is 6.54 Å². The van der Waals surface area contributed by atoms with Crippen LogP contribution in [0.1, 0.15) is 44.9 Å². The molecule has 0 saturated heterocycles. The van der Waals surface area contributed by atoms with Gasteiger partial charge in [-0.25, -0.2) is 0 Å². The second kappa shape index (κ2) is 8.88. The minimum absolute atomic E-state index is 0.00559. The van der Waals surface area contributed by atoms with Crippen LogP contribution in [0, 0.1) is 0 Å². The van der Waals surface area contributed by atoms with Gasteiger partial charge in [-0.3, -0.25) is 9.48 Å². The number of unbranched alkanes of at least 4 members (excludes halogenated alkanes) is 6. The van der Waals surface area contributed by atoms with Crippen molar-refractivity contribution in [3.8, 4) is 0 Å². The number of aryl methyl sites for hydroxylation is 1. The van der Waals surface area contributed by atoms with E-state index in [9.17, 15) is 4.79 Å². The van der Waals surface area contributed by atoms with Gasteiger partial charge < -0.3 is 0 Å². The van der Waals surface area contributed by atoms with Crippen LogP contribution >= 0.6 is 12.6 Å². The van der Waals surface area contributed by atoms with Gasteiger partial charge in [0.05, 0.1) is 11.7 Å². The molecule has 114 valence electrons. The molecule has 2 rings (SSSR count). The van der Waals surface area contributed by atoms with E-state index < -0.39 is 0 Å². The van der Waals surface area contributed by atoms with E-state index in [1.54, 1.807) is 0 Å². The van der Waals surface area contributed by atoms with E-state index >= 15 is 0 Å². The van der Waals surface area contributed by atoms with E-state index in [2.05, 4.69) is 17.7 Å². The fourth-order valence-electron chi connectivity index (χ4n) is 2.60. The molecule has 0 saturated carbocycles. The summed E-state index contributed by atoms with van der Waals surface area (Å²) in [6.45, 7) is 0.886. The molecule has 4 heteroatoms. The Hall–Kier alpha value is -1.29. The standard InChI is InChI=1S/C17H24N2OS/c20-17-14-18-19(16-11-7-6-10-15(16)17)12-8-4-2-1-3-5-9-13-21/h6-7,10-11,14,21H,1-5,8-9,12-13H2. The number of hydrogen-bond donors (Lipinski definition) is 1. The van der Waals surface area contributed by atoms with E-state index in [4.69, 9.17) is 0 Å². The quantitative estimate of drug-likeness (QED) is 0.560. The summed E-state index contributed by atoms with van der Waals surface area (Å²) in [5.74, 6) is 1.01. The highest BCUT2D eigenvalue weighted by Gasteiger charge is 2.02. The van der Waals surface area contributed by atoms with Crippen molar-refractivity contribution >= 4 is 23.5 Å². The molecule has 0 atom stereocenters. The maximum atomic E-state index is 11.8. The largest absolute Gasteiger partial charge is 0.287 e. The summed E-state index contributed by atoms with van der Waals surface area (Å²) in [6.07, 6.45) is 10.2. The zero-order valence-electron chi connectivity index (χ0n) is 12.5. The lowest BCUT2D eigenvalue weighted by molar-refractivity contribution is 0.528. The highest BCUT2D eigenvalue weighted by atomic mass is 32.1. The maximum absolute atomic E-state index is 11.8. The molecule has 0 aliphatic heterocycles. The van der Waals surface area contributed by atoms with Crippen molar-refractivity contribution in [2.45, 2.75) is 51.5 Å². The van der Waals surface area contributed by atoms with Gasteiger partial charge in [0.1, 0.15) is 0 Å². The first-order chi connectivity index (χ1) is 10.3. The zero-order chi connectivity index (χ0) is 14.9. The van der Waals surface area contributed by atoms with Crippen molar-refractivity contribution < 1.29 is 0 Å². The molecule has 0 spiro atoms. The average Bonchev–Trinajstić information content (AvgIpc) is 2.52. The van der Waals surface area contributed by atoms with E-state index in [0.29, 0.717) is 0 Å². The Labute approximate surface area is 131 Å². The third kappa shape index (κ3) is 4.88. The molecule has 0 amide bonds. The SMILES string of the molecule is O=c1cnn(CCCCCCCCCS)c2ccccc12. The number of para-hydroxylation sites is 1. The summed E-state index contributed by atoms with van der Waals surface area (Å²) in [5.41, 5.74) is 0.949. The lowest BCUT2D eigenvalue weighted by atomic mass is 10.1. The number of thiol groups is 1. The Kier molecular flexibility index (Phi) is 6.80. The van der Waals surface area contributed by atoms with Gasteiger partial charge in [0.15, 0.2) is 0 Å². The Morgan fingerprint density at radius 3 is 2.38 bits per heavy atom. The van der Waals surface area contributed by atoms with Crippen molar-refractivity contribution in [2.75, 3.05) is 5.75 Å². The van der Waals surface area contributed by atoms with E-state index in [1.807, 2.05) is 28.9 Å². The maximum Gasteiger partial charge on any atom is 0.207 e. The summed E-state index contributed by atoms with van der Waals surface area (Å²) < 4.78 is 1.96. The van der Waals surface area contributed by atoms with E-state index in [0.717, 1.165) is 29.6 Å². The minimum Gasteiger partial charge on any atom is -0.287 e. The van der Waals surface area contributed by atoms with Gasteiger partial charge in [0.2, 0.25) is 5.43 Å². The Balaban J connectivity index is 1.79. The van der Waals surface area contributed by atoms with Gasteiger partial charge in [-0.1, -0.05) is 44.2 Å². The topological polar surface area (TPSA) is 34.9 Å². The molecular weight excluding hydrogens is 280 g/mol. The number of nitrogens with zero attached hydrogens (tertiary/aromatic N) is 2. The van der Waals surface area contributed by atoms with Gasteiger partial charge in [0.25, 0.3) is 0 Å². The molecule has 0 N–H and O–H groups in total. The number of fused-ring (bicyclic) bond motifs is 1. The van der Waals surface area contributed by atoms with Gasteiger partial charge in [-0.05, 0) is 30.7 Å². The molecule has 3 nitrogen and oxygen atoms in total. The molecule has 21 heavy (non-hydrogen) atoms. The molecule has 1 aromatic carbocycles. The van der Waals surface area contributed by atoms with Crippen LogP contribution < -0.4 is 5.43 Å². The molecule has 1 heterocycles. The fourth-order valence-corrected chi connectivity index (χ4v) is 2.82. The smallest absolute Gasteiger partial charge is 0.207 e. The third-order valence-corrected chi connectivity index (χ3v) is 4.11. The minimum atomic E-state index is 0.00559. The van der Waals surface area contributed by atoms with Crippen molar-refractivity contribution in [2.24, 2.45) is 0 Å². The molecular formula is C17H24N2OS. The highest BCUT2D eigenvalue weighted by molar-refractivity contribution is 7.80. The van der Waals surface area contributed by atoms with E-state index in [1.165, 1.54) is 44.7 Å². The summed E-state index contributed by atoms with van der Waals surface area (Å²) >= 11 is 4.22. The lowest BCUT2D eigenvalue weighted by Crippen LogP contribution is -2.12. The normalized spacial score (nSPS) is 11.1. The number of aromatic nitrogens is 2. The van der Waals surface area contributed by atoms with Gasteiger partial charge in [0, 0.05) is 11.9 Å². The van der Waals surface area contributed by atoms with Gasteiger partial charge >= 0.3 is 0 Å². The summed E-state index contributed by atoms with van der Waals surface area (Å²) in [5, 5.41) is 5.02. The van der Waals surface area contributed by atoms with Crippen LogP contribution in [0.15, 0.2) is 35.3 Å². The zero-order valence-corrected chi connectivity index (χ0v) is 13.4. The van der Waals surface area contributed by atoms with Crippen LogP contribution in [0.5, 0.6) is 0 Å². The molecule has 0 fully saturated rings. The third-order valence-electron chi connectivity index (χ3n) is 3.79. The van der Waals surface area contributed by atoms with E-state index in [-0.39, 0.29) is 5.43 Å². The van der Waals surface area contributed by atoms with Crippen LogP contribution in [0.4, 0.5) is 0 Å². The van der Waals surface area contributed by atoms with Crippen molar-refractivity contribution in [3.05, 3.63) is 40.7 Å². The van der Waals surface area contributed by atoms with Crippen molar-refractivity contribution in [3.63, 3.8) is 0 Å². The summed E-state index contributed by atoms with van der Waals surface area (Å²) in [6, 6.07) is 7.71. The lowest BCUT2D eigenvalue weighted by Gasteiger charge is -2.08. The first kappa shape index (κ1) is 16.1. The molecule has 2 aromatic rings. The number of rotatable bonds is 9. The van der Waals surface area contributed by atoms with Crippen LogP contribution in [0.25, 0.3) is 10.9 Å². The van der Waals surface area contributed by atoms with Crippen LogP contribution in [0.3, 0.4) is 0 Å². The van der Waals surface area contributed by atoms with Gasteiger partial charge in [-0.2, -0.15) is 17.7 Å². The number of benzene rings is 1.